The molecule has 6 heavy (non-hydrogen) atoms. The minimum Gasteiger partial charge on any atom is -0.327 e. The summed E-state index contributed by atoms with van der Waals surface area (Å²) in [6, 6.07) is 0. The lowest BCUT2D eigenvalue weighted by Crippen LogP contribution is -2.01. The first-order chi connectivity index (χ1) is 2.81. The summed E-state index contributed by atoms with van der Waals surface area (Å²) in [6.07, 6.45) is 0. The first-order valence-corrected chi connectivity index (χ1v) is 3.26. The normalized spacial score (nSPS) is 8.33. The summed E-state index contributed by atoms with van der Waals surface area (Å²) in [4.78, 5) is 0. The third kappa shape index (κ3) is 2.66. The average Bonchev–Trinajstić information content (AvgIpc) is 1.65. The molecule has 0 aromatic rings. The van der Waals surface area contributed by atoms with Gasteiger partial charge in [-0.05, 0) is 0 Å². The van der Waals surface area contributed by atoms with Crippen LogP contribution in [0.3, 0.4) is 0 Å². The van der Waals surface area contributed by atoms with Crippen LogP contribution in [0.25, 0.3) is 0 Å². The Hall–Kier alpha value is 0.430. The van der Waals surface area contributed by atoms with E-state index in [1.54, 1.807) is 0 Å². The molecule has 0 aliphatic rings. The topological polar surface area (TPSA) is 26.0 Å². The van der Waals surface area contributed by atoms with Gasteiger partial charge in [0.1, 0.15) is 0 Å². The van der Waals surface area contributed by atoms with Crippen molar-refractivity contribution in [2.24, 2.45) is 5.73 Å². The molecule has 36 valence electrons. The van der Waals surface area contributed by atoms with E-state index in [1.165, 1.54) is 0 Å². The molecule has 0 atom stereocenters. The molecule has 0 fully saturated rings. The Kier molecular flexibility index (Phi) is 3.87. The van der Waals surface area contributed by atoms with Gasteiger partial charge < -0.3 is 5.73 Å². The number of nitrogens with two attached hydrogens (primary N) is 1. The Morgan fingerprint density at radius 2 is 2.33 bits per heavy atom. The van der Waals surface area contributed by atoms with Crippen LogP contribution < -0.4 is 5.73 Å². The van der Waals surface area contributed by atoms with Crippen LogP contribution in [0.2, 0.25) is 0 Å². The van der Waals surface area contributed by atoms with E-state index in [4.69, 9.17) is 5.73 Å². The second-order valence-corrected chi connectivity index (χ2v) is 1.85. The molecule has 0 aromatic carbocycles. The maximum atomic E-state index is 5.18. The fraction of sp³-hybridized carbons (Fsp3) is 0.500. The second kappa shape index (κ2) is 3.61. The van der Waals surface area contributed by atoms with Gasteiger partial charge in [-0.15, -0.1) is 0 Å². The molecule has 0 aliphatic heterocycles. The van der Waals surface area contributed by atoms with Crippen molar-refractivity contribution < 1.29 is 0 Å². The van der Waals surface area contributed by atoms with Gasteiger partial charge in [0.2, 0.25) is 0 Å². The number of alkyl halides is 1. The second-order valence-electron chi connectivity index (χ2n) is 1.09. The van der Waals surface area contributed by atoms with Crippen molar-refractivity contribution in [3.63, 3.8) is 0 Å². The summed E-state index contributed by atoms with van der Waals surface area (Å²) >= 11 is 2.23. The van der Waals surface area contributed by atoms with Gasteiger partial charge in [0.25, 0.3) is 0 Å². The highest BCUT2D eigenvalue weighted by atomic mass is 127. The van der Waals surface area contributed by atoms with Crippen molar-refractivity contribution >= 4 is 22.6 Å². The predicted molar refractivity (Wildman–Crippen MR) is 37.1 cm³/mol. The molecule has 0 aromatic heterocycles. The minimum atomic E-state index is 0.628. The lowest BCUT2D eigenvalue weighted by Gasteiger charge is -1.88. The van der Waals surface area contributed by atoms with E-state index in [0.717, 1.165) is 10.0 Å². The van der Waals surface area contributed by atoms with Crippen molar-refractivity contribution in [2.75, 3.05) is 11.0 Å². The van der Waals surface area contributed by atoms with Crippen LogP contribution in [0.4, 0.5) is 0 Å². The molecular weight excluding hydrogens is 189 g/mol. The summed E-state index contributed by atoms with van der Waals surface area (Å²) in [6.45, 7) is 4.29. The summed E-state index contributed by atoms with van der Waals surface area (Å²) in [5, 5.41) is 0. The molecule has 0 aliphatic carbocycles. The lowest BCUT2D eigenvalue weighted by molar-refractivity contribution is 1.16. The zero-order valence-corrected chi connectivity index (χ0v) is 5.73. The minimum absolute atomic E-state index is 0.628. The summed E-state index contributed by atoms with van der Waals surface area (Å²) < 4.78 is 0.980. The summed E-state index contributed by atoms with van der Waals surface area (Å²) in [5.74, 6) is 0. The maximum absolute atomic E-state index is 5.18. The average molecular weight is 197 g/mol. The van der Waals surface area contributed by atoms with Crippen molar-refractivity contribution in [3.05, 3.63) is 12.2 Å². The predicted octanol–water partition coefficient (Wildman–Crippen LogP) is 0.936. The van der Waals surface area contributed by atoms with E-state index in [2.05, 4.69) is 29.2 Å². The largest absolute Gasteiger partial charge is 0.327 e. The molecule has 0 spiro atoms. The highest BCUT2D eigenvalue weighted by molar-refractivity contribution is 14.1. The summed E-state index contributed by atoms with van der Waals surface area (Å²) in [7, 11) is 0. The number of halogens is 1. The lowest BCUT2D eigenvalue weighted by atomic mass is 10.4. The number of rotatable bonds is 2. The van der Waals surface area contributed by atoms with Gasteiger partial charge in [-0.2, -0.15) is 0 Å². The molecule has 1 nitrogen and oxygen atoms in total. The Labute approximate surface area is 51.7 Å². The smallest absolute Gasteiger partial charge is 0.0215 e. The van der Waals surface area contributed by atoms with Crippen molar-refractivity contribution in [1.29, 1.82) is 0 Å². The van der Waals surface area contributed by atoms with E-state index in [0.29, 0.717) is 6.54 Å². The van der Waals surface area contributed by atoms with Crippen molar-refractivity contribution in [2.45, 2.75) is 0 Å². The van der Waals surface area contributed by atoms with E-state index in [9.17, 15) is 0 Å². The molecule has 0 rings (SSSR count). The van der Waals surface area contributed by atoms with Crippen molar-refractivity contribution in [1.82, 2.24) is 0 Å². The molecule has 0 heterocycles. The third-order valence-electron chi connectivity index (χ3n) is 0.478. The van der Waals surface area contributed by atoms with Crippen LogP contribution in [0, 0.1) is 0 Å². The Bertz CT molecular complexity index is 45.5. The Balaban J connectivity index is 2.99. The van der Waals surface area contributed by atoms with Gasteiger partial charge in [-0.3, -0.25) is 0 Å². The van der Waals surface area contributed by atoms with E-state index in [1.807, 2.05) is 0 Å². The molecule has 2 N–H and O–H groups in total. The molecule has 0 bridgehead atoms. The molecular formula is C4H8IN. The van der Waals surface area contributed by atoms with Crippen LogP contribution in [-0.2, 0) is 0 Å². The maximum Gasteiger partial charge on any atom is 0.0215 e. The first-order valence-electron chi connectivity index (χ1n) is 1.74. The number of hydrogen-bond donors (Lipinski definition) is 1. The zero-order chi connectivity index (χ0) is 4.99. The fourth-order valence-electron chi connectivity index (χ4n) is 0.0546. The van der Waals surface area contributed by atoms with Gasteiger partial charge in [0.05, 0.1) is 0 Å². The van der Waals surface area contributed by atoms with Crippen molar-refractivity contribution in [3.8, 4) is 0 Å². The van der Waals surface area contributed by atoms with Crippen LogP contribution in [0.15, 0.2) is 12.2 Å². The Morgan fingerprint density at radius 3 is 2.33 bits per heavy atom. The third-order valence-corrected chi connectivity index (χ3v) is 1.56. The zero-order valence-electron chi connectivity index (χ0n) is 3.58. The molecule has 0 unspecified atom stereocenters. The molecule has 0 radical (unpaired) electrons. The molecule has 0 amide bonds. The Morgan fingerprint density at radius 1 is 1.83 bits per heavy atom. The summed E-state index contributed by atoms with van der Waals surface area (Å²) in [5.41, 5.74) is 6.29. The van der Waals surface area contributed by atoms with Crippen LogP contribution in [0.5, 0.6) is 0 Å². The van der Waals surface area contributed by atoms with Gasteiger partial charge >= 0.3 is 0 Å². The molecule has 0 saturated carbocycles. The standard InChI is InChI=1S/C4H8IN/c1-4(2-5)3-6/h1-3,6H2. The van der Waals surface area contributed by atoms with Crippen LogP contribution in [0.1, 0.15) is 0 Å². The first kappa shape index (κ1) is 6.43. The quantitative estimate of drug-likeness (QED) is 0.398. The van der Waals surface area contributed by atoms with Gasteiger partial charge in [0.15, 0.2) is 0 Å². The van der Waals surface area contributed by atoms with Gasteiger partial charge in [-0.1, -0.05) is 34.7 Å². The van der Waals surface area contributed by atoms with Gasteiger partial charge in [-0.25, -0.2) is 0 Å². The van der Waals surface area contributed by atoms with Crippen LogP contribution >= 0.6 is 22.6 Å². The fourth-order valence-corrected chi connectivity index (χ4v) is 0.366. The monoisotopic (exact) mass is 197 g/mol. The highest BCUT2D eigenvalue weighted by Crippen LogP contribution is 1.90. The SMILES string of the molecule is C=C(CN)CI. The van der Waals surface area contributed by atoms with E-state index in [-0.39, 0.29) is 0 Å². The molecule has 0 saturated heterocycles. The van der Waals surface area contributed by atoms with Crippen LogP contribution in [-0.4, -0.2) is 11.0 Å². The molecule has 2 heteroatoms. The highest BCUT2D eigenvalue weighted by Gasteiger charge is 1.79. The number of hydrogen-bond acceptors (Lipinski definition) is 1. The van der Waals surface area contributed by atoms with Gasteiger partial charge in [0, 0.05) is 11.0 Å². The van der Waals surface area contributed by atoms with E-state index >= 15 is 0 Å². The van der Waals surface area contributed by atoms with E-state index < -0.39 is 0 Å².